The summed E-state index contributed by atoms with van der Waals surface area (Å²) in [5.41, 5.74) is 1.49. The van der Waals surface area contributed by atoms with Crippen LogP contribution in [0.4, 0.5) is 9.59 Å². The van der Waals surface area contributed by atoms with Crippen molar-refractivity contribution in [2.45, 2.75) is 0 Å². The third-order valence-electron chi connectivity index (χ3n) is 2.96. The van der Waals surface area contributed by atoms with Crippen molar-refractivity contribution < 1.29 is 28.5 Å². The normalized spacial score (nSPS) is 10.2. The second-order valence-corrected chi connectivity index (χ2v) is 4.56. The molecule has 0 saturated heterocycles. The molecule has 6 nitrogen and oxygen atoms in total. The van der Waals surface area contributed by atoms with Crippen molar-refractivity contribution in [2.75, 3.05) is 14.2 Å². The lowest BCUT2D eigenvalue weighted by Gasteiger charge is -2.06. The topological polar surface area (TPSA) is 71.1 Å². The van der Waals surface area contributed by atoms with Gasteiger partial charge in [0.05, 0.1) is 14.2 Å². The van der Waals surface area contributed by atoms with Gasteiger partial charge < -0.3 is 18.9 Å². The summed E-state index contributed by atoms with van der Waals surface area (Å²) >= 11 is 0. The Morgan fingerprint density at radius 1 is 0.833 bits per heavy atom. The minimum Gasteiger partial charge on any atom is -0.437 e. The summed E-state index contributed by atoms with van der Waals surface area (Å²) in [4.78, 5) is 22.4. The van der Waals surface area contributed by atoms with Crippen LogP contribution in [0.2, 0.25) is 0 Å². The van der Waals surface area contributed by atoms with E-state index in [1.54, 1.807) is 48.6 Å². The Kier molecular flexibility index (Phi) is 5.96. The van der Waals surface area contributed by atoms with E-state index in [0.717, 1.165) is 5.56 Å². The first-order valence-corrected chi connectivity index (χ1v) is 7.01. The van der Waals surface area contributed by atoms with Crippen LogP contribution in [0.5, 0.6) is 11.5 Å². The Bertz CT molecular complexity index is 751. The van der Waals surface area contributed by atoms with E-state index in [9.17, 15) is 9.59 Å². The van der Waals surface area contributed by atoms with E-state index in [1.807, 2.05) is 12.1 Å². The second-order valence-electron chi connectivity index (χ2n) is 4.56. The molecule has 2 rings (SSSR count). The average molecular weight is 328 g/mol. The van der Waals surface area contributed by atoms with Crippen molar-refractivity contribution in [2.24, 2.45) is 0 Å². The van der Waals surface area contributed by atoms with Gasteiger partial charge in [-0.05, 0) is 23.8 Å². The van der Waals surface area contributed by atoms with E-state index in [1.165, 1.54) is 14.2 Å². The summed E-state index contributed by atoms with van der Waals surface area (Å²) in [6, 6.07) is 13.9. The van der Waals surface area contributed by atoms with E-state index in [4.69, 9.17) is 9.47 Å². The molecule has 0 aliphatic heterocycles. The van der Waals surface area contributed by atoms with Crippen molar-refractivity contribution in [3.8, 4) is 11.5 Å². The van der Waals surface area contributed by atoms with Gasteiger partial charge in [0.2, 0.25) is 0 Å². The molecular formula is C18H16O6. The van der Waals surface area contributed by atoms with Gasteiger partial charge >= 0.3 is 12.3 Å². The van der Waals surface area contributed by atoms with Gasteiger partial charge in [0, 0.05) is 5.56 Å². The predicted molar refractivity (Wildman–Crippen MR) is 87.9 cm³/mol. The molecule has 0 aromatic heterocycles. The molecule has 0 heterocycles. The number of benzene rings is 2. The summed E-state index contributed by atoms with van der Waals surface area (Å²) in [6.45, 7) is 0. The smallest absolute Gasteiger partial charge is 0.437 e. The van der Waals surface area contributed by atoms with E-state index < -0.39 is 12.3 Å². The Balaban J connectivity index is 2.18. The first kappa shape index (κ1) is 17.1. The van der Waals surface area contributed by atoms with E-state index in [2.05, 4.69) is 9.47 Å². The number of carbonyl (C=O) groups is 2. The van der Waals surface area contributed by atoms with Gasteiger partial charge in [-0.1, -0.05) is 42.5 Å². The number of methoxy groups -OCH3 is 2. The van der Waals surface area contributed by atoms with Crippen LogP contribution in [-0.2, 0) is 9.47 Å². The first-order valence-electron chi connectivity index (χ1n) is 7.01. The Morgan fingerprint density at radius 2 is 1.54 bits per heavy atom. The molecule has 0 amide bonds. The van der Waals surface area contributed by atoms with Crippen LogP contribution in [0.1, 0.15) is 11.1 Å². The average Bonchev–Trinajstić information content (AvgIpc) is 2.61. The van der Waals surface area contributed by atoms with E-state index in [0.29, 0.717) is 17.1 Å². The fourth-order valence-corrected chi connectivity index (χ4v) is 1.85. The van der Waals surface area contributed by atoms with Gasteiger partial charge in [0.15, 0.2) is 0 Å². The lowest BCUT2D eigenvalue weighted by atomic mass is 10.1. The van der Waals surface area contributed by atoms with Gasteiger partial charge in [-0.25, -0.2) is 9.59 Å². The zero-order valence-electron chi connectivity index (χ0n) is 13.2. The number of ether oxygens (including phenoxy) is 4. The molecule has 0 saturated carbocycles. The quantitative estimate of drug-likeness (QED) is 0.477. The molecule has 0 atom stereocenters. The van der Waals surface area contributed by atoms with Gasteiger partial charge in [-0.2, -0.15) is 0 Å². The molecule has 0 fully saturated rings. The lowest BCUT2D eigenvalue weighted by molar-refractivity contribution is 0.120. The van der Waals surface area contributed by atoms with Gasteiger partial charge in [-0.15, -0.1) is 0 Å². The molecule has 2 aromatic rings. The number of para-hydroxylation sites is 1. The minimum absolute atomic E-state index is 0.364. The monoisotopic (exact) mass is 328 g/mol. The summed E-state index contributed by atoms with van der Waals surface area (Å²) in [6.07, 6.45) is 2.00. The van der Waals surface area contributed by atoms with Crippen LogP contribution in [0.25, 0.3) is 12.2 Å². The van der Waals surface area contributed by atoms with Crippen LogP contribution in [0.3, 0.4) is 0 Å². The van der Waals surface area contributed by atoms with Crippen molar-refractivity contribution in [3.05, 3.63) is 59.7 Å². The van der Waals surface area contributed by atoms with Gasteiger partial charge in [-0.3, -0.25) is 0 Å². The summed E-state index contributed by atoms with van der Waals surface area (Å²) < 4.78 is 19.0. The fraction of sp³-hybridized carbons (Fsp3) is 0.111. The minimum atomic E-state index is -0.788. The Labute approximate surface area is 139 Å². The highest BCUT2D eigenvalue weighted by Crippen LogP contribution is 2.22. The number of rotatable bonds is 4. The maximum absolute atomic E-state index is 11.3. The first-order chi connectivity index (χ1) is 11.6. The van der Waals surface area contributed by atoms with Crippen LogP contribution >= 0.6 is 0 Å². The molecule has 2 aromatic carbocycles. The molecule has 0 aliphatic carbocycles. The molecule has 124 valence electrons. The zero-order chi connectivity index (χ0) is 17.4. The van der Waals surface area contributed by atoms with E-state index in [-0.39, 0.29) is 0 Å². The van der Waals surface area contributed by atoms with E-state index >= 15 is 0 Å². The maximum atomic E-state index is 11.3. The van der Waals surface area contributed by atoms with Crippen molar-refractivity contribution in [1.82, 2.24) is 0 Å². The van der Waals surface area contributed by atoms with Crippen molar-refractivity contribution in [1.29, 1.82) is 0 Å². The van der Waals surface area contributed by atoms with Crippen LogP contribution in [-0.4, -0.2) is 26.5 Å². The van der Waals surface area contributed by atoms with Gasteiger partial charge in [0.25, 0.3) is 0 Å². The number of hydrogen-bond donors (Lipinski definition) is 0. The maximum Gasteiger partial charge on any atom is 0.513 e. The largest absolute Gasteiger partial charge is 0.513 e. The van der Waals surface area contributed by atoms with Crippen molar-refractivity contribution in [3.63, 3.8) is 0 Å². The molecule has 0 N–H and O–H groups in total. The van der Waals surface area contributed by atoms with Crippen LogP contribution in [0, 0.1) is 0 Å². The highest BCUT2D eigenvalue weighted by atomic mass is 16.7. The Morgan fingerprint density at radius 3 is 2.29 bits per heavy atom. The predicted octanol–water partition coefficient (Wildman–Crippen LogP) is 4.15. The highest BCUT2D eigenvalue weighted by Gasteiger charge is 2.07. The molecule has 0 aliphatic rings. The summed E-state index contributed by atoms with van der Waals surface area (Å²) in [5.74, 6) is 0.741. The van der Waals surface area contributed by atoms with Crippen molar-refractivity contribution >= 4 is 24.5 Å². The Hall–Kier alpha value is -3.28. The molecule has 0 spiro atoms. The molecule has 0 bridgehead atoms. The fourth-order valence-electron chi connectivity index (χ4n) is 1.85. The molecule has 0 unspecified atom stereocenters. The van der Waals surface area contributed by atoms with Crippen LogP contribution < -0.4 is 9.47 Å². The molecule has 0 radical (unpaired) electrons. The lowest BCUT2D eigenvalue weighted by Crippen LogP contribution is -2.07. The SMILES string of the molecule is COC(=O)Oc1cccc(/C=C\c2ccccc2OC(=O)OC)c1. The van der Waals surface area contributed by atoms with Gasteiger partial charge in [0.1, 0.15) is 11.5 Å². The van der Waals surface area contributed by atoms with Crippen LogP contribution in [0.15, 0.2) is 48.5 Å². The standard InChI is InChI=1S/C18H16O6/c1-21-17(19)23-15-8-5-6-13(12-15)10-11-14-7-3-4-9-16(14)24-18(20)22-2/h3-12H,1-2H3/b11-10-. The zero-order valence-corrected chi connectivity index (χ0v) is 13.2. The molecule has 6 heteroatoms. The number of carbonyl (C=O) groups excluding carboxylic acids is 2. The summed E-state index contributed by atoms with van der Waals surface area (Å²) in [5, 5.41) is 0. The third-order valence-corrected chi connectivity index (χ3v) is 2.96. The third kappa shape index (κ3) is 4.88. The second kappa shape index (κ2) is 8.38. The highest BCUT2D eigenvalue weighted by molar-refractivity contribution is 5.75. The molecule has 24 heavy (non-hydrogen) atoms. The summed E-state index contributed by atoms with van der Waals surface area (Å²) in [7, 11) is 2.48. The molecular weight excluding hydrogens is 312 g/mol. The number of hydrogen-bond acceptors (Lipinski definition) is 6.